The summed E-state index contributed by atoms with van der Waals surface area (Å²) in [4.78, 5) is 33.6. The molecule has 0 heterocycles. The second kappa shape index (κ2) is 7.40. The molecule has 2 amide bonds. The van der Waals surface area contributed by atoms with Crippen molar-refractivity contribution in [1.82, 2.24) is 10.9 Å². The van der Waals surface area contributed by atoms with Crippen LogP contribution in [0.3, 0.4) is 0 Å². The fourth-order valence-electron chi connectivity index (χ4n) is 1.20. The van der Waals surface area contributed by atoms with Gasteiger partial charge in [0.2, 0.25) is 5.78 Å². The third kappa shape index (κ3) is 5.12. The minimum absolute atomic E-state index is 0.145. The number of aliphatic hydroxyl groups is 1. The van der Waals surface area contributed by atoms with Gasteiger partial charge < -0.3 is 5.11 Å². The fraction of sp³-hybridized carbons (Fsp3) is 0.0769. The maximum Gasteiger partial charge on any atom is 0.310 e. The molecule has 0 radical (unpaired) electrons. The lowest BCUT2D eigenvalue weighted by atomic mass is 10.1. The number of nitrogens with one attached hydrogen (secondary N) is 2. The molecule has 0 saturated carbocycles. The van der Waals surface area contributed by atoms with E-state index in [4.69, 9.17) is 5.26 Å². The smallest absolute Gasteiger partial charge is 0.310 e. The zero-order valence-corrected chi connectivity index (χ0v) is 10.6. The predicted molar refractivity (Wildman–Crippen MR) is 68.5 cm³/mol. The van der Waals surface area contributed by atoms with Crippen LogP contribution in [0.25, 0.3) is 5.76 Å². The van der Waals surface area contributed by atoms with Crippen LogP contribution in [0, 0.1) is 17.1 Å². The normalized spacial score (nSPS) is 10.4. The lowest BCUT2D eigenvalue weighted by Gasteiger charge is -2.03. The molecule has 0 aliphatic carbocycles. The van der Waals surface area contributed by atoms with Crippen molar-refractivity contribution in [3.8, 4) is 6.07 Å². The Balaban J connectivity index is 2.64. The molecule has 3 N–H and O–H groups in total. The van der Waals surface area contributed by atoms with E-state index < -0.39 is 35.6 Å². The third-order valence-electron chi connectivity index (χ3n) is 2.19. The average Bonchev–Trinajstić information content (AvgIpc) is 2.45. The van der Waals surface area contributed by atoms with Gasteiger partial charge in [-0.1, -0.05) is 0 Å². The lowest BCUT2D eigenvalue weighted by molar-refractivity contribution is -0.137. The topological polar surface area (TPSA) is 119 Å². The van der Waals surface area contributed by atoms with E-state index in [0.29, 0.717) is 6.08 Å². The largest absolute Gasteiger partial charge is 0.507 e. The van der Waals surface area contributed by atoms with E-state index in [1.807, 2.05) is 5.43 Å². The van der Waals surface area contributed by atoms with Gasteiger partial charge in [-0.3, -0.25) is 25.2 Å². The van der Waals surface area contributed by atoms with Crippen molar-refractivity contribution >= 4 is 23.4 Å². The van der Waals surface area contributed by atoms with Crippen LogP contribution in [-0.2, 0) is 14.4 Å². The highest BCUT2D eigenvalue weighted by atomic mass is 19.1. The SMILES string of the molecule is N#CCC(=O)NNC(=O)C(=O)/C=C(\O)c1ccc(F)cc1. The number of nitrogens with zero attached hydrogens (tertiary/aromatic N) is 1. The highest BCUT2D eigenvalue weighted by molar-refractivity contribution is 6.41. The van der Waals surface area contributed by atoms with E-state index in [9.17, 15) is 23.9 Å². The maximum atomic E-state index is 12.7. The molecule has 0 atom stereocenters. The molecular weight excluding hydrogens is 281 g/mol. The lowest BCUT2D eigenvalue weighted by Crippen LogP contribution is -2.44. The first-order valence-electron chi connectivity index (χ1n) is 5.60. The summed E-state index contributed by atoms with van der Waals surface area (Å²) >= 11 is 0. The Hall–Kier alpha value is -3.21. The Labute approximate surface area is 118 Å². The highest BCUT2D eigenvalue weighted by Gasteiger charge is 2.13. The Morgan fingerprint density at radius 2 is 1.86 bits per heavy atom. The van der Waals surface area contributed by atoms with E-state index in [1.165, 1.54) is 12.1 Å². The van der Waals surface area contributed by atoms with Crippen molar-refractivity contribution in [2.75, 3.05) is 0 Å². The van der Waals surface area contributed by atoms with Gasteiger partial charge in [0.15, 0.2) is 0 Å². The molecule has 1 rings (SSSR count). The van der Waals surface area contributed by atoms with Crippen LogP contribution in [0.15, 0.2) is 30.3 Å². The summed E-state index contributed by atoms with van der Waals surface area (Å²) in [5.74, 6) is -4.16. The van der Waals surface area contributed by atoms with Gasteiger partial charge in [-0.2, -0.15) is 5.26 Å². The molecule has 0 saturated heterocycles. The van der Waals surface area contributed by atoms with Gasteiger partial charge in [0.25, 0.3) is 5.91 Å². The molecule has 0 unspecified atom stereocenters. The van der Waals surface area contributed by atoms with Crippen molar-refractivity contribution < 1.29 is 23.9 Å². The summed E-state index contributed by atoms with van der Waals surface area (Å²) in [5.41, 5.74) is 3.77. The highest BCUT2D eigenvalue weighted by Crippen LogP contribution is 2.11. The zero-order chi connectivity index (χ0) is 15.8. The molecule has 1 aromatic rings. The minimum atomic E-state index is -1.20. The molecule has 8 heteroatoms. The van der Waals surface area contributed by atoms with Crippen LogP contribution >= 0.6 is 0 Å². The number of carbonyl (C=O) groups excluding carboxylic acids is 3. The molecule has 0 bridgehead atoms. The van der Waals surface area contributed by atoms with Gasteiger partial charge in [-0.05, 0) is 24.3 Å². The number of hydrogen-bond donors (Lipinski definition) is 3. The number of benzene rings is 1. The molecule has 21 heavy (non-hydrogen) atoms. The number of carbonyl (C=O) groups is 3. The summed E-state index contributed by atoms with van der Waals surface area (Å²) in [5, 5.41) is 17.8. The number of ketones is 1. The number of hydrogen-bond acceptors (Lipinski definition) is 5. The average molecular weight is 291 g/mol. The molecule has 0 aromatic heterocycles. The van der Waals surface area contributed by atoms with Gasteiger partial charge in [0.1, 0.15) is 18.0 Å². The van der Waals surface area contributed by atoms with E-state index in [-0.39, 0.29) is 5.56 Å². The molecular formula is C13H10FN3O4. The number of amides is 2. The fourth-order valence-corrected chi connectivity index (χ4v) is 1.20. The first kappa shape index (κ1) is 15.8. The molecule has 0 aliphatic heterocycles. The second-order valence-corrected chi connectivity index (χ2v) is 3.74. The summed E-state index contributed by atoms with van der Waals surface area (Å²) in [7, 11) is 0. The van der Waals surface area contributed by atoms with E-state index in [0.717, 1.165) is 12.1 Å². The van der Waals surface area contributed by atoms with Crippen LogP contribution in [-0.4, -0.2) is 22.7 Å². The third-order valence-corrected chi connectivity index (χ3v) is 2.19. The first-order chi connectivity index (χ1) is 9.93. The van der Waals surface area contributed by atoms with Crippen LogP contribution < -0.4 is 10.9 Å². The monoisotopic (exact) mass is 291 g/mol. The number of rotatable bonds is 4. The first-order valence-corrected chi connectivity index (χ1v) is 5.60. The summed E-state index contributed by atoms with van der Waals surface area (Å²) in [6.45, 7) is 0. The molecule has 0 aliphatic rings. The number of halogens is 1. The number of hydrazine groups is 1. The van der Waals surface area contributed by atoms with E-state index >= 15 is 0 Å². The summed E-state index contributed by atoms with van der Waals surface area (Å²) in [6.07, 6.45) is 0.143. The van der Waals surface area contributed by atoms with Gasteiger partial charge >= 0.3 is 5.91 Å². The van der Waals surface area contributed by atoms with E-state index in [1.54, 1.807) is 11.5 Å². The Morgan fingerprint density at radius 1 is 1.24 bits per heavy atom. The van der Waals surface area contributed by atoms with Crippen molar-refractivity contribution in [1.29, 1.82) is 5.26 Å². The van der Waals surface area contributed by atoms with Crippen molar-refractivity contribution in [3.05, 3.63) is 41.7 Å². The van der Waals surface area contributed by atoms with Crippen molar-refractivity contribution in [3.63, 3.8) is 0 Å². The number of aliphatic hydroxyl groups excluding tert-OH is 1. The number of nitriles is 1. The van der Waals surface area contributed by atoms with E-state index in [2.05, 4.69) is 0 Å². The van der Waals surface area contributed by atoms with Crippen LogP contribution in [0.5, 0.6) is 0 Å². The van der Waals surface area contributed by atoms with Gasteiger partial charge in [-0.15, -0.1) is 0 Å². The minimum Gasteiger partial charge on any atom is -0.507 e. The van der Waals surface area contributed by atoms with Crippen molar-refractivity contribution in [2.45, 2.75) is 6.42 Å². The Morgan fingerprint density at radius 3 is 2.43 bits per heavy atom. The van der Waals surface area contributed by atoms with Gasteiger partial charge in [0.05, 0.1) is 6.07 Å². The molecule has 7 nitrogen and oxygen atoms in total. The van der Waals surface area contributed by atoms with Crippen molar-refractivity contribution in [2.24, 2.45) is 0 Å². The maximum absolute atomic E-state index is 12.7. The Bertz CT molecular complexity index is 632. The van der Waals surface area contributed by atoms with Gasteiger partial charge in [0, 0.05) is 11.6 Å². The van der Waals surface area contributed by atoms with Gasteiger partial charge in [-0.25, -0.2) is 4.39 Å². The quantitative estimate of drug-likeness (QED) is 0.320. The molecule has 108 valence electrons. The summed E-state index contributed by atoms with van der Waals surface area (Å²) in [6, 6.07) is 6.15. The Kier molecular flexibility index (Phi) is 5.58. The second-order valence-electron chi connectivity index (χ2n) is 3.74. The predicted octanol–water partition coefficient (Wildman–Crippen LogP) is 0.355. The standard InChI is InChI=1S/C13H10FN3O4/c14-9-3-1-8(2-4-9)10(18)7-11(19)13(21)17-16-12(20)5-6-15/h1-4,7,18H,5H2,(H,16,20)(H,17,21)/b10-7-. The van der Waals surface area contributed by atoms with Crippen LogP contribution in [0.2, 0.25) is 0 Å². The van der Waals surface area contributed by atoms with Crippen LogP contribution in [0.1, 0.15) is 12.0 Å². The zero-order valence-electron chi connectivity index (χ0n) is 10.6. The molecule has 1 aromatic carbocycles. The van der Waals surface area contributed by atoms with Crippen LogP contribution in [0.4, 0.5) is 4.39 Å². The summed E-state index contributed by atoms with van der Waals surface area (Å²) < 4.78 is 12.7. The molecule has 0 spiro atoms. The molecule has 0 fully saturated rings.